The summed E-state index contributed by atoms with van der Waals surface area (Å²) in [6, 6.07) is -0.148. The third kappa shape index (κ3) is 2.88. The lowest BCUT2D eigenvalue weighted by molar-refractivity contribution is 0.615. The average molecular weight is 526 g/mol. The van der Waals surface area contributed by atoms with Gasteiger partial charge in [0.25, 0.3) is 0 Å². The first-order valence-electron chi connectivity index (χ1n) is 19.9. The molecule has 0 saturated carbocycles. The van der Waals surface area contributed by atoms with Gasteiger partial charge >= 0.3 is 0 Å². The Morgan fingerprint density at radius 1 is 0.475 bits per heavy atom. The van der Waals surface area contributed by atoms with Crippen LogP contribution in [0.3, 0.4) is 0 Å². The summed E-state index contributed by atoms with van der Waals surface area (Å²) in [6.07, 6.45) is 1.53. The molecule has 0 unspecified atom stereocenters. The van der Waals surface area contributed by atoms with Gasteiger partial charge in [0.2, 0.25) is 0 Å². The van der Waals surface area contributed by atoms with Crippen LogP contribution in [-0.4, -0.2) is 0 Å². The molecule has 0 amide bonds. The second kappa shape index (κ2) is 8.08. The molecule has 0 atom stereocenters. The van der Waals surface area contributed by atoms with Crippen molar-refractivity contribution in [3.8, 4) is 22.3 Å². The van der Waals surface area contributed by atoms with Crippen molar-refractivity contribution in [3.63, 3.8) is 0 Å². The Hall–Kier alpha value is -5.34. The van der Waals surface area contributed by atoms with E-state index in [-0.39, 0.29) is 43.8 Å². The molecule has 186 valence electrons. The van der Waals surface area contributed by atoms with E-state index in [0.29, 0.717) is 21.9 Å². The maximum Gasteiger partial charge on any atom is 0.143 e. The van der Waals surface area contributed by atoms with Gasteiger partial charge in [0, 0.05) is 27.3 Å². The molecule has 9 rings (SSSR count). The Balaban J connectivity index is 1.64. The Morgan fingerprint density at radius 3 is 1.85 bits per heavy atom. The van der Waals surface area contributed by atoms with Crippen molar-refractivity contribution < 1.29 is 29.4 Å². The minimum Gasteiger partial charge on any atom is -0.464 e. The van der Waals surface area contributed by atoms with Crippen LogP contribution in [0.25, 0.3) is 87.5 Å². The van der Waals surface area contributed by atoms with Crippen LogP contribution in [0.5, 0.6) is 0 Å². The number of hydrogen-bond acceptors (Lipinski definition) is 2. The van der Waals surface area contributed by atoms with E-state index in [1.165, 1.54) is 6.26 Å². The van der Waals surface area contributed by atoms with Crippen LogP contribution in [-0.2, 0) is 0 Å². The van der Waals surface area contributed by atoms with Crippen LogP contribution in [0.2, 0.25) is 0 Å². The van der Waals surface area contributed by atoms with Crippen molar-refractivity contribution >= 4 is 65.2 Å². The van der Waals surface area contributed by atoms with Gasteiger partial charge in [0.15, 0.2) is 0 Å². The van der Waals surface area contributed by atoms with Crippen molar-refractivity contribution in [2.24, 2.45) is 0 Å². The monoisotopic (exact) mass is 525 g/mol. The van der Waals surface area contributed by atoms with E-state index in [2.05, 4.69) is 0 Å². The van der Waals surface area contributed by atoms with Gasteiger partial charge in [-0.05, 0) is 61.6 Å². The van der Waals surface area contributed by atoms with Gasteiger partial charge in [0.1, 0.15) is 16.7 Å². The summed E-state index contributed by atoms with van der Waals surface area (Å²) in [5.74, 6) is 0. The van der Waals surface area contributed by atoms with Gasteiger partial charge in [-0.1, -0.05) is 109 Å². The quantitative estimate of drug-likeness (QED) is 0.210. The molecule has 2 heterocycles. The zero-order chi connectivity index (χ0) is 39.3. The summed E-state index contributed by atoms with van der Waals surface area (Å²) in [6.45, 7) is 0. The largest absolute Gasteiger partial charge is 0.464 e. The number of para-hydroxylation sites is 1. The van der Waals surface area contributed by atoms with E-state index >= 15 is 0 Å². The molecule has 2 aromatic heterocycles. The third-order valence-electron chi connectivity index (χ3n) is 7.30. The summed E-state index contributed by atoms with van der Waals surface area (Å²) in [7, 11) is 0. The fourth-order valence-corrected chi connectivity index (χ4v) is 5.68. The summed E-state index contributed by atoms with van der Waals surface area (Å²) >= 11 is 0. The minimum absolute atomic E-state index is 0.0400. The fraction of sp³-hybridized carbons (Fsp3) is 0. The zero-order valence-electron chi connectivity index (χ0n) is 35.4. The number of rotatable bonds is 2. The van der Waals surface area contributed by atoms with E-state index < -0.39 is 107 Å². The van der Waals surface area contributed by atoms with E-state index in [4.69, 9.17) is 22.5 Å². The second-order valence-electron chi connectivity index (χ2n) is 9.31. The van der Waals surface area contributed by atoms with E-state index in [9.17, 15) is 6.85 Å². The zero-order valence-corrected chi connectivity index (χ0v) is 20.4. The molecule has 0 saturated heterocycles. The molecule has 0 fully saturated rings. The Bertz CT molecular complexity index is 3180. The summed E-state index contributed by atoms with van der Waals surface area (Å²) < 4.78 is 146. The van der Waals surface area contributed by atoms with E-state index in [1.54, 1.807) is 36.4 Å². The second-order valence-corrected chi connectivity index (χ2v) is 9.31. The molecule has 9 aromatic rings. The predicted molar refractivity (Wildman–Crippen MR) is 167 cm³/mol. The first-order chi connectivity index (χ1) is 26.1. The molecule has 0 aliphatic rings. The molecule has 0 aliphatic carbocycles. The van der Waals surface area contributed by atoms with Crippen molar-refractivity contribution in [2.45, 2.75) is 0 Å². The lowest BCUT2D eigenvalue weighted by Crippen LogP contribution is -1.91. The minimum atomic E-state index is -0.766. The van der Waals surface area contributed by atoms with Gasteiger partial charge in [-0.25, -0.2) is 0 Å². The van der Waals surface area contributed by atoms with Crippen molar-refractivity contribution in [1.29, 1.82) is 0 Å². The average Bonchev–Trinajstić information content (AvgIpc) is 3.82. The standard InChI is InChI=1S/C38H22O2/c1-2-11-24-23(9-1)10-7-16-25(24)35-26-12-3-5-14-28(26)36(29-15-6-4-13-27(29)35)31-17-8-18-32-37-30-21-22-39-33(30)19-20-34(37)40-38(31)32/h1-22H/i1D,2D,3D,4D,5D,6D,7D,9D,10D,11D,12D,13D,14D,15D,16D. The molecule has 7 aromatic carbocycles. The maximum atomic E-state index is 9.34. The highest BCUT2D eigenvalue weighted by atomic mass is 16.3. The summed E-state index contributed by atoms with van der Waals surface area (Å²) in [5, 5.41) is 0.00560. The lowest BCUT2D eigenvalue weighted by Gasteiger charge is -2.18. The third-order valence-corrected chi connectivity index (χ3v) is 7.30. The van der Waals surface area contributed by atoms with Crippen LogP contribution >= 0.6 is 0 Å². The first-order valence-corrected chi connectivity index (χ1v) is 12.4. The maximum absolute atomic E-state index is 9.34. The normalized spacial score (nSPS) is 17.2. The van der Waals surface area contributed by atoms with Crippen LogP contribution in [0.1, 0.15) is 20.6 Å². The summed E-state index contributed by atoms with van der Waals surface area (Å²) in [5.41, 5.74) is 0.594. The fourth-order valence-electron chi connectivity index (χ4n) is 5.68. The van der Waals surface area contributed by atoms with Crippen LogP contribution in [0.15, 0.2) is 142 Å². The molecule has 0 spiro atoms. The van der Waals surface area contributed by atoms with Gasteiger partial charge in [-0.2, -0.15) is 0 Å². The van der Waals surface area contributed by atoms with Crippen LogP contribution in [0, 0.1) is 0 Å². The first kappa shape index (κ1) is 11.8. The molecule has 40 heavy (non-hydrogen) atoms. The molecule has 0 radical (unpaired) electrons. The molecule has 0 bridgehead atoms. The lowest BCUT2D eigenvalue weighted by atomic mass is 9.84. The predicted octanol–water partition coefficient (Wildman–Crippen LogP) is 11.1. The Labute approximate surface area is 250 Å². The van der Waals surface area contributed by atoms with Crippen molar-refractivity contribution in [3.05, 3.63) is 133 Å². The molecule has 2 nitrogen and oxygen atoms in total. The van der Waals surface area contributed by atoms with Crippen molar-refractivity contribution in [2.75, 3.05) is 0 Å². The van der Waals surface area contributed by atoms with Crippen LogP contribution < -0.4 is 0 Å². The van der Waals surface area contributed by atoms with E-state index in [0.717, 1.165) is 5.39 Å². The van der Waals surface area contributed by atoms with Gasteiger partial charge < -0.3 is 8.83 Å². The topological polar surface area (TPSA) is 26.3 Å². The van der Waals surface area contributed by atoms with Crippen molar-refractivity contribution in [1.82, 2.24) is 0 Å². The molecule has 0 N–H and O–H groups in total. The summed E-state index contributed by atoms with van der Waals surface area (Å²) in [4.78, 5) is 0. The highest BCUT2D eigenvalue weighted by Gasteiger charge is 2.21. The van der Waals surface area contributed by atoms with Gasteiger partial charge in [0.05, 0.1) is 26.8 Å². The highest BCUT2D eigenvalue weighted by molar-refractivity contribution is 6.27. The Kier molecular flexibility index (Phi) is 2.39. The van der Waals surface area contributed by atoms with Crippen LogP contribution in [0.4, 0.5) is 0 Å². The Morgan fingerprint density at radius 2 is 1.10 bits per heavy atom. The molecular weight excluding hydrogens is 488 g/mol. The molecule has 0 aliphatic heterocycles. The number of hydrogen-bond donors (Lipinski definition) is 0. The smallest absolute Gasteiger partial charge is 0.143 e. The SMILES string of the molecule is [2H]c1c([2H])c([2H])c2c(-c3c4c([2H])c([2H])c([2H])c([2H])c4c(-c4cccc5c4oc4ccc6occc6c45)c4c([2H])c([2H])c([2H])c([2H])c34)c([2H])c([2H])c([2H])c2c1[2H]. The highest BCUT2D eigenvalue weighted by Crippen LogP contribution is 2.48. The molecule has 2 heteroatoms. The van der Waals surface area contributed by atoms with E-state index in [1.807, 2.05) is 0 Å². The van der Waals surface area contributed by atoms with Gasteiger partial charge in [-0.15, -0.1) is 0 Å². The van der Waals surface area contributed by atoms with Gasteiger partial charge in [-0.3, -0.25) is 0 Å². The number of benzene rings is 7. The molecular formula is C38H22O2. The number of furan rings is 2. The number of fused-ring (bicyclic) bond motifs is 8.